The van der Waals surface area contributed by atoms with E-state index in [4.69, 9.17) is 5.11 Å². The third-order valence-corrected chi connectivity index (χ3v) is 2.95. The van der Waals surface area contributed by atoms with Crippen LogP contribution in [0.3, 0.4) is 0 Å². The molecule has 1 aliphatic carbocycles. The maximum Gasteiger partial charge on any atom is 0.307 e. The van der Waals surface area contributed by atoms with Gasteiger partial charge >= 0.3 is 5.97 Å². The first-order valence-corrected chi connectivity index (χ1v) is 4.98. The number of nitro benzene ring substituents is 1. The smallest absolute Gasteiger partial charge is 0.307 e. The van der Waals surface area contributed by atoms with Crippen LogP contribution in [0, 0.1) is 23.0 Å². The summed E-state index contributed by atoms with van der Waals surface area (Å²) in [6.45, 7) is 1.67. The van der Waals surface area contributed by atoms with Gasteiger partial charge in [0.25, 0.3) is 5.69 Å². The number of nitro groups is 1. The Morgan fingerprint density at radius 1 is 1.56 bits per heavy atom. The van der Waals surface area contributed by atoms with Crippen LogP contribution < -0.4 is 0 Å². The van der Waals surface area contributed by atoms with Gasteiger partial charge in [-0.1, -0.05) is 6.07 Å². The zero-order valence-corrected chi connectivity index (χ0v) is 8.71. The number of aryl methyl sites for hydroxylation is 1. The topological polar surface area (TPSA) is 80.4 Å². The molecule has 1 aromatic rings. The van der Waals surface area contributed by atoms with Crippen LogP contribution in [-0.4, -0.2) is 16.0 Å². The molecule has 0 spiro atoms. The maximum absolute atomic E-state index is 10.7. The predicted molar refractivity (Wildman–Crippen MR) is 56.3 cm³/mol. The molecule has 2 rings (SSSR count). The standard InChI is InChI=1S/C11H11NO4/c1-6-4-7(2-3-10(6)12(15)16)8-5-9(8)11(13)14/h2-4,8-9H,5H2,1H3,(H,13,14). The molecule has 16 heavy (non-hydrogen) atoms. The van der Waals surface area contributed by atoms with Crippen LogP contribution >= 0.6 is 0 Å². The molecule has 1 fully saturated rings. The number of carbonyl (C=O) groups is 1. The lowest BCUT2D eigenvalue weighted by Gasteiger charge is -2.01. The van der Waals surface area contributed by atoms with Gasteiger partial charge in [0.15, 0.2) is 0 Å². The first-order valence-electron chi connectivity index (χ1n) is 4.98. The highest BCUT2D eigenvalue weighted by Crippen LogP contribution is 2.48. The number of nitrogens with zero attached hydrogens (tertiary/aromatic N) is 1. The molecule has 1 N–H and O–H groups in total. The summed E-state index contributed by atoms with van der Waals surface area (Å²) in [5.74, 6) is -1.08. The molecule has 5 heteroatoms. The van der Waals surface area contributed by atoms with Gasteiger partial charge in [0, 0.05) is 11.6 Å². The van der Waals surface area contributed by atoms with Crippen molar-refractivity contribution < 1.29 is 14.8 Å². The number of benzene rings is 1. The predicted octanol–water partition coefficient (Wildman–Crippen LogP) is 2.09. The van der Waals surface area contributed by atoms with E-state index in [-0.39, 0.29) is 17.5 Å². The van der Waals surface area contributed by atoms with Crippen molar-refractivity contribution in [3.05, 3.63) is 39.4 Å². The first kappa shape index (κ1) is 10.6. The van der Waals surface area contributed by atoms with E-state index in [2.05, 4.69) is 0 Å². The fourth-order valence-corrected chi connectivity index (χ4v) is 1.95. The molecule has 84 valence electrons. The summed E-state index contributed by atoms with van der Waals surface area (Å²) >= 11 is 0. The third-order valence-electron chi connectivity index (χ3n) is 2.95. The van der Waals surface area contributed by atoms with Crippen LogP contribution in [0.25, 0.3) is 0 Å². The summed E-state index contributed by atoms with van der Waals surface area (Å²) in [6.07, 6.45) is 0.632. The Labute approximate surface area is 91.9 Å². The molecule has 2 unspecified atom stereocenters. The highest BCUT2D eigenvalue weighted by Gasteiger charge is 2.44. The van der Waals surface area contributed by atoms with Crippen LogP contribution in [0.5, 0.6) is 0 Å². The lowest BCUT2D eigenvalue weighted by Crippen LogP contribution is -1.99. The number of aliphatic carboxylic acids is 1. The minimum absolute atomic E-state index is 0.0250. The van der Waals surface area contributed by atoms with Crippen LogP contribution in [0.15, 0.2) is 18.2 Å². The summed E-state index contributed by atoms with van der Waals surface area (Å²) in [5.41, 5.74) is 1.55. The molecular formula is C11H11NO4. The summed E-state index contributed by atoms with van der Waals surface area (Å²) in [6, 6.07) is 4.81. The summed E-state index contributed by atoms with van der Waals surface area (Å²) in [5, 5.41) is 19.4. The summed E-state index contributed by atoms with van der Waals surface area (Å²) < 4.78 is 0. The maximum atomic E-state index is 10.7. The van der Waals surface area contributed by atoms with E-state index in [1.165, 1.54) is 6.07 Å². The first-order chi connectivity index (χ1) is 7.50. The number of carboxylic acid groups (broad SMARTS) is 1. The second-order valence-corrected chi connectivity index (χ2v) is 4.09. The molecule has 0 radical (unpaired) electrons. The molecule has 0 aliphatic heterocycles. The van der Waals surface area contributed by atoms with E-state index in [0.717, 1.165) is 5.56 Å². The average Bonchev–Trinajstić information content (AvgIpc) is 2.96. The van der Waals surface area contributed by atoms with Crippen LogP contribution in [0.2, 0.25) is 0 Å². The Morgan fingerprint density at radius 2 is 2.25 bits per heavy atom. The fourth-order valence-electron chi connectivity index (χ4n) is 1.95. The van der Waals surface area contributed by atoms with Crippen molar-refractivity contribution in [2.24, 2.45) is 5.92 Å². The van der Waals surface area contributed by atoms with Crippen molar-refractivity contribution in [1.82, 2.24) is 0 Å². The van der Waals surface area contributed by atoms with Crippen molar-refractivity contribution in [1.29, 1.82) is 0 Å². The van der Waals surface area contributed by atoms with Gasteiger partial charge in [-0.2, -0.15) is 0 Å². The summed E-state index contributed by atoms with van der Waals surface area (Å²) in [7, 11) is 0. The van der Waals surface area contributed by atoms with E-state index in [1.807, 2.05) is 0 Å². The van der Waals surface area contributed by atoms with E-state index in [1.54, 1.807) is 19.1 Å². The van der Waals surface area contributed by atoms with Gasteiger partial charge in [-0.05, 0) is 30.9 Å². The highest BCUT2D eigenvalue weighted by molar-refractivity contribution is 5.75. The van der Waals surface area contributed by atoms with Gasteiger partial charge in [-0.3, -0.25) is 14.9 Å². The molecular weight excluding hydrogens is 210 g/mol. The van der Waals surface area contributed by atoms with Gasteiger partial charge in [0.1, 0.15) is 0 Å². The Kier molecular flexibility index (Phi) is 2.38. The molecule has 0 saturated heterocycles. The van der Waals surface area contributed by atoms with Crippen molar-refractivity contribution in [3.8, 4) is 0 Å². The van der Waals surface area contributed by atoms with Crippen LogP contribution in [0.1, 0.15) is 23.5 Å². The average molecular weight is 221 g/mol. The minimum atomic E-state index is -0.791. The number of hydrogen-bond donors (Lipinski definition) is 1. The van der Waals surface area contributed by atoms with Gasteiger partial charge in [0.05, 0.1) is 10.8 Å². The molecule has 1 aliphatic rings. The minimum Gasteiger partial charge on any atom is -0.481 e. The van der Waals surface area contributed by atoms with Crippen molar-refractivity contribution in [2.45, 2.75) is 19.3 Å². The van der Waals surface area contributed by atoms with Crippen molar-refractivity contribution in [3.63, 3.8) is 0 Å². The van der Waals surface area contributed by atoms with Crippen molar-refractivity contribution in [2.75, 3.05) is 0 Å². The van der Waals surface area contributed by atoms with E-state index >= 15 is 0 Å². The lowest BCUT2D eigenvalue weighted by molar-refractivity contribution is -0.385. The SMILES string of the molecule is Cc1cc(C2CC2C(=O)O)ccc1[N+](=O)[O-]. The molecule has 0 heterocycles. The number of carboxylic acids is 1. The molecule has 0 amide bonds. The van der Waals surface area contributed by atoms with Crippen molar-refractivity contribution >= 4 is 11.7 Å². The van der Waals surface area contributed by atoms with E-state index in [0.29, 0.717) is 12.0 Å². The van der Waals surface area contributed by atoms with Gasteiger partial charge in [0.2, 0.25) is 0 Å². The number of rotatable bonds is 3. The highest BCUT2D eigenvalue weighted by atomic mass is 16.6. The Bertz CT molecular complexity index is 469. The largest absolute Gasteiger partial charge is 0.481 e. The Balaban J connectivity index is 2.23. The second-order valence-electron chi connectivity index (χ2n) is 4.09. The number of hydrogen-bond acceptors (Lipinski definition) is 3. The fraction of sp³-hybridized carbons (Fsp3) is 0.364. The van der Waals surface area contributed by atoms with Gasteiger partial charge in [-0.15, -0.1) is 0 Å². The second kappa shape index (κ2) is 3.59. The molecule has 1 aromatic carbocycles. The molecule has 1 saturated carbocycles. The Morgan fingerprint density at radius 3 is 2.69 bits per heavy atom. The Hall–Kier alpha value is -1.91. The van der Waals surface area contributed by atoms with E-state index < -0.39 is 10.9 Å². The molecule has 0 bridgehead atoms. The third kappa shape index (κ3) is 1.76. The molecule has 5 nitrogen and oxygen atoms in total. The van der Waals surface area contributed by atoms with Gasteiger partial charge in [-0.25, -0.2) is 0 Å². The van der Waals surface area contributed by atoms with Crippen LogP contribution in [0.4, 0.5) is 5.69 Å². The van der Waals surface area contributed by atoms with Crippen LogP contribution in [-0.2, 0) is 4.79 Å². The zero-order valence-electron chi connectivity index (χ0n) is 8.71. The normalized spacial score (nSPS) is 22.8. The van der Waals surface area contributed by atoms with E-state index in [9.17, 15) is 14.9 Å². The summed E-state index contributed by atoms with van der Waals surface area (Å²) in [4.78, 5) is 20.9. The molecule has 2 atom stereocenters. The quantitative estimate of drug-likeness (QED) is 0.626. The van der Waals surface area contributed by atoms with Gasteiger partial charge < -0.3 is 5.11 Å². The zero-order chi connectivity index (χ0) is 11.9. The monoisotopic (exact) mass is 221 g/mol. The molecule has 0 aromatic heterocycles. The lowest BCUT2D eigenvalue weighted by atomic mass is 10.0.